The fourth-order valence-corrected chi connectivity index (χ4v) is 1.93. The van der Waals surface area contributed by atoms with Crippen LogP contribution >= 0.6 is 11.6 Å². The highest BCUT2D eigenvalue weighted by Crippen LogP contribution is 2.14. The maximum atomic E-state index is 11.0. The molecular weight excluding hydrogens is 270 g/mol. The summed E-state index contributed by atoms with van der Waals surface area (Å²) in [6.07, 6.45) is 0. The van der Waals surface area contributed by atoms with Gasteiger partial charge in [-0.2, -0.15) is 0 Å². The first-order valence-corrected chi connectivity index (χ1v) is 5.88. The molecule has 0 atom stereocenters. The second-order valence-corrected chi connectivity index (χ2v) is 4.35. The van der Waals surface area contributed by atoms with Gasteiger partial charge in [-0.25, -0.2) is 9.48 Å². The van der Waals surface area contributed by atoms with Crippen LogP contribution in [-0.2, 0) is 17.9 Å². The number of nitrogens with zero attached hydrogens (tertiary/aromatic N) is 3. The fourth-order valence-electron chi connectivity index (χ4n) is 1.71. The van der Waals surface area contributed by atoms with E-state index in [9.17, 15) is 4.79 Å². The molecule has 0 unspecified atom stereocenters. The fraction of sp³-hybridized carbons (Fsp3) is 0.250. The number of hydrogen-bond donors (Lipinski definition) is 1. The highest BCUT2D eigenvalue weighted by molar-refractivity contribution is 6.30. The van der Waals surface area contributed by atoms with Gasteiger partial charge in [-0.3, -0.25) is 0 Å². The molecule has 6 nitrogen and oxygen atoms in total. The summed E-state index contributed by atoms with van der Waals surface area (Å²) in [5.74, 6) is -1.12. The van der Waals surface area contributed by atoms with E-state index in [2.05, 4.69) is 10.3 Å². The average molecular weight is 282 g/mol. The van der Waals surface area contributed by atoms with Gasteiger partial charge in [0.2, 0.25) is 0 Å². The molecule has 2 rings (SSSR count). The van der Waals surface area contributed by atoms with Crippen molar-refractivity contribution in [2.24, 2.45) is 0 Å². The number of carboxylic acids is 1. The summed E-state index contributed by atoms with van der Waals surface area (Å²) in [6.45, 7) is 0.523. The molecule has 0 fully saturated rings. The summed E-state index contributed by atoms with van der Waals surface area (Å²) < 4.78 is 6.49. The molecular formula is C12H12ClN3O3. The van der Waals surface area contributed by atoms with Gasteiger partial charge in [-0.05, 0) is 17.7 Å². The summed E-state index contributed by atoms with van der Waals surface area (Å²) >= 11 is 5.90. The molecule has 0 amide bonds. The zero-order valence-electron chi connectivity index (χ0n) is 10.2. The van der Waals surface area contributed by atoms with Gasteiger partial charge in [0, 0.05) is 12.1 Å². The SMILES string of the molecule is COCc1c(C(=O)O)nnn1Cc1cccc(Cl)c1. The molecule has 2 aromatic rings. The Balaban J connectivity index is 2.32. The van der Waals surface area contributed by atoms with Crippen LogP contribution in [0.2, 0.25) is 5.02 Å². The van der Waals surface area contributed by atoms with E-state index in [0.29, 0.717) is 17.3 Å². The number of aromatic carboxylic acids is 1. The van der Waals surface area contributed by atoms with E-state index < -0.39 is 5.97 Å². The van der Waals surface area contributed by atoms with Crippen molar-refractivity contribution in [3.8, 4) is 0 Å². The zero-order valence-corrected chi connectivity index (χ0v) is 11.0. The predicted molar refractivity (Wildman–Crippen MR) is 68.2 cm³/mol. The summed E-state index contributed by atoms with van der Waals surface area (Å²) in [5, 5.41) is 17.1. The van der Waals surface area contributed by atoms with Crippen LogP contribution in [-0.4, -0.2) is 33.2 Å². The molecule has 1 heterocycles. The minimum atomic E-state index is -1.12. The van der Waals surface area contributed by atoms with Crippen molar-refractivity contribution in [3.63, 3.8) is 0 Å². The Morgan fingerprint density at radius 2 is 2.32 bits per heavy atom. The van der Waals surface area contributed by atoms with Crippen LogP contribution in [0.5, 0.6) is 0 Å². The Bertz CT molecular complexity index is 598. The highest BCUT2D eigenvalue weighted by atomic mass is 35.5. The lowest BCUT2D eigenvalue weighted by atomic mass is 10.2. The number of ether oxygens (including phenoxy) is 1. The number of hydrogen-bond acceptors (Lipinski definition) is 4. The van der Waals surface area contributed by atoms with Gasteiger partial charge in [0.25, 0.3) is 0 Å². The van der Waals surface area contributed by atoms with Crippen LogP contribution < -0.4 is 0 Å². The lowest BCUT2D eigenvalue weighted by Crippen LogP contribution is -2.10. The molecule has 0 saturated heterocycles. The van der Waals surface area contributed by atoms with Crippen molar-refractivity contribution in [2.75, 3.05) is 7.11 Å². The smallest absolute Gasteiger partial charge is 0.358 e. The van der Waals surface area contributed by atoms with Gasteiger partial charge in [0.15, 0.2) is 5.69 Å². The van der Waals surface area contributed by atoms with Gasteiger partial charge in [0.05, 0.1) is 18.8 Å². The molecule has 0 bridgehead atoms. The monoisotopic (exact) mass is 281 g/mol. The highest BCUT2D eigenvalue weighted by Gasteiger charge is 2.18. The minimum Gasteiger partial charge on any atom is -0.476 e. The molecule has 0 aliphatic heterocycles. The maximum Gasteiger partial charge on any atom is 0.358 e. The van der Waals surface area contributed by atoms with Crippen LogP contribution in [0, 0.1) is 0 Å². The summed E-state index contributed by atoms with van der Waals surface area (Å²) in [4.78, 5) is 11.0. The van der Waals surface area contributed by atoms with Crippen LogP contribution in [0.25, 0.3) is 0 Å². The van der Waals surface area contributed by atoms with E-state index >= 15 is 0 Å². The molecule has 0 aliphatic carbocycles. The predicted octanol–water partition coefficient (Wildman–Crippen LogP) is 1.82. The van der Waals surface area contributed by atoms with E-state index in [0.717, 1.165) is 5.56 Å². The van der Waals surface area contributed by atoms with Gasteiger partial charge < -0.3 is 9.84 Å². The molecule has 19 heavy (non-hydrogen) atoms. The number of aromatic nitrogens is 3. The standard InChI is InChI=1S/C12H12ClN3O3/c1-19-7-10-11(12(17)18)14-15-16(10)6-8-3-2-4-9(13)5-8/h2-5H,6-7H2,1H3,(H,17,18). The van der Waals surface area contributed by atoms with Gasteiger partial charge in [-0.15, -0.1) is 5.10 Å². The van der Waals surface area contributed by atoms with Gasteiger partial charge in [0.1, 0.15) is 0 Å². The second kappa shape index (κ2) is 5.81. The molecule has 0 radical (unpaired) electrons. The third-order valence-corrected chi connectivity index (χ3v) is 2.78. The Kier molecular flexibility index (Phi) is 4.13. The van der Waals surface area contributed by atoms with Crippen molar-refractivity contribution >= 4 is 17.6 Å². The van der Waals surface area contributed by atoms with Crippen molar-refractivity contribution < 1.29 is 14.6 Å². The lowest BCUT2D eigenvalue weighted by Gasteiger charge is -2.06. The van der Waals surface area contributed by atoms with Crippen molar-refractivity contribution in [1.82, 2.24) is 15.0 Å². The van der Waals surface area contributed by atoms with Crippen LogP contribution in [0.3, 0.4) is 0 Å². The molecule has 1 aromatic carbocycles. The Hall–Kier alpha value is -1.92. The van der Waals surface area contributed by atoms with E-state index in [1.165, 1.54) is 11.8 Å². The molecule has 7 heteroatoms. The third kappa shape index (κ3) is 3.10. The van der Waals surface area contributed by atoms with Crippen molar-refractivity contribution in [1.29, 1.82) is 0 Å². The summed E-state index contributed by atoms with van der Waals surface area (Å²) in [6, 6.07) is 7.26. The van der Waals surface area contributed by atoms with Gasteiger partial charge in [-0.1, -0.05) is 28.9 Å². The van der Waals surface area contributed by atoms with E-state index in [1.807, 2.05) is 12.1 Å². The maximum absolute atomic E-state index is 11.0. The van der Waals surface area contributed by atoms with Crippen LogP contribution in [0.4, 0.5) is 0 Å². The molecule has 0 spiro atoms. The summed E-state index contributed by atoms with van der Waals surface area (Å²) in [5.41, 5.74) is 1.24. The van der Waals surface area contributed by atoms with E-state index in [-0.39, 0.29) is 12.3 Å². The molecule has 100 valence electrons. The molecule has 0 saturated carbocycles. The molecule has 0 aliphatic rings. The second-order valence-electron chi connectivity index (χ2n) is 3.91. The molecule has 1 aromatic heterocycles. The Morgan fingerprint density at radius 3 is 2.95 bits per heavy atom. The van der Waals surface area contributed by atoms with Crippen molar-refractivity contribution in [3.05, 3.63) is 46.2 Å². The Labute approximate surface area is 114 Å². The zero-order chi connectivity index (χ0) is 13.8. The summed E-state index contributed by atoms with van der Waals surface area (Å²) in [7, 11) is 1.49. The first kappa shape index (κ1) is 13.5. The third-order valence-electron chi connectivity index (χ3n) is 2.54. The first-order chi connectivity index (χ1) is 9.11. The first-order valence-electron chi connectivity index (χ1n) is 5.51. The number of carbonyl (C=O) groups is 1. The topological polar surface area (TPSA) is 77.2 Å². The number of benzene rings is 1. The number of carboxylic acid groups (broad SMARTS) is 1. The van der Waals surface area contributed by atoms with Crippen LogP contribution in [0.1, 0.15) is 21.7 Å². The normalized spacial score (nSPS) is 10.6. The van der Waals surface area contributed by atoms with E-state index in [1.54, 1.807) is 12.1 Å². The number of halogens is 1. The largest absolute Gasteiger partial charge is 0.476 e. The van der Waals surface area contributed by atoms with E-state index in [4.69, 9.17) is 21.4 Å². The minimum absolute atomic E-state index is 0.0936. The number of methoxy groups -OCH3 is 1. The van der Waals surface area contributed by atoms with Crippen molar-refractivity contribution in [2.45, 2.75) is 13.2 Å². The quantitative estimate of drug-likeness (QED) is 0.904. The lowest BCUT2D eigenvalue weighted by molar-refractivity contribution is 0.0684. The molecule has 1 N–H and O–H groups in total. The van der Waals surface area contributed by atoms with Crippen LogP contribution in [0.15, 0.2) is 24.3 Å². The average Bonchev–Trinajstić information content (AvgIpc) is 2.73. The number of rotatable bonds is 5. The Morgan fingerprint density at radius 1 is 1.53 bits per heavy atom. The van der Waals surface area contributed by atoms with Gasteiger partial charge >= 0.3 is 5.97 Å².